The molecule has 0 spiro atoms. The van der Waals surface area contributed by atoms with Gasteiger partial charge in [0, 0.05) is 19.1 Å². The van der Waals surface area contributed by atoms with E-state index in [1.165, 1.54) is 50.9 Å². The molecule has 0 aromatic heterocycles. The largest absolute Gasteiger partial charge is 0.497 e. The van der Waals surface area contributed by atoms with Crippen molar-refractivity contribution in [2.24, 2.45) is 0 Å². The number of methoxy groups -OCH3 is 1. The molecule has 1 heterocycles. The van der Waals surface area contributed by atoms with Crippen molar-refractivity contribution in [2.45, 2.75) is 37.6 Å². The van der Waals surface area contributed by atoms with Crippen LogP contribution < -0.4 is 10.1 Å². The number of nitrogens with one attached hydrogen (secondary N) is 1. The van der Waals surface area contributed by atoms with Gasteiger partial charge in [0.25, 0.3) is 0 Å². The summed E-state index contributed by atoms with van der Waals surface area (Å²) in [6.07, 6.45) is 5.32. The molecule has 1 saturated heterocycles. The highest BCUT2D eigenvalue weighted by Crippen LogP contribution is 2.37. The van der Waals surface area contributed by atoms with Crippen LogP contribution in [0.25, 0.3) is 0 Å². The highest BCUT2D eigenvalue weighted by molar-refractivity contribution is 5.32. The predicted molar refractivity (Wildman–Crippen MR) is 82.4 cm³/mol. The minimum Gasteiger partial charge on any atom is -0.497 e. The first-order chi connectivity index (χ1) is 9.85. The molecular formula is C17H26N2O. The first kappa shape index (κ1) is 13.9. The van der Waals surface area contributed by atoms with E-state index >= 15 is 0 Å². The van der Waals surface area contributed by atoms with Crippen LogP contribution in [-0.2, 0) is 0 Å². The Morgan fingerprint density at radius 1 is 1.25 bits per heavy atom. The molecule has 1 aromatic carbocycles. The lowest BCUT2D eigenvalue weighted by Gasteiger charge is -2.37. The number of likely N-dealkylation sites (tertiary alicyclic amines) is 1. The van der Waals surface area contributed by atoms with E-state index in [2.05, 4.69) is 28.4 Å². The van der Waals surface area contributed by atoms with Crippen molar-refractivity contribution >= 4 is 0 Å². The third-order valence-electron chi connectivity index (χ3n) is 4.76. The predicted octanol–water partition coefficient (Wildman–Crippen LogP) is 2.63. The standard InChI is InChI=1S/C17H26N2O/c1-20-17-6-4-5-14(13-17)15-11-16(12-15)18-7-10-19-8-2-3-9-19/h4-6,13,15-16,18H,2-3,7-12H2,1H3. The molecule has 110 valence electrons. The molecule has 1 aliphatic carbocycles. The van der Waals surface area contributed by atoms with Crippen molar-refractivity contribution in [1.82, 2.24) is 10.2 Å². The van der Waals surface area contributed by atoms with Gasteiger partial charge < -0.3 is 15.0 Å². The van der Waals surface area contributed by atoms with Gasteiger partial charge in [0.1, 0.15) is 5.75 Å². The fraction of sp³-hybridized carbons (Fsp3) is 0.647. The van der Waals surface area contributed by atoms with E-state index in [0.717, 1.165) is 18.2 Å². The van der Waals surface area contributed by atoms with E-state index in [-0.39, 0.29) is 0 Å². The Morgan fingerprint density at radius 3 is 2.80 bits per heavy atom. The van der Waals surface area contributed by atoms with Gasteiger partial charge in [-0.1, -0.05) is 12.1 Å². The molecule has 0 radical (unpaired) electrons. The lowest BCUT2D eigenvalue weighted by atomic mass is 9.76. The fourth-order valence-corrected chi connectivity index (χ4v) is 3.39. The molecule has 3 rings (SSSR count). The summed E-state index contributed by atoms with van der Waals surface area (Å²) in [5.74, 6) is 1.70. The van der Waals surface area contributed by atoms with E-state index in [4.69, 9.17) is 4.74 Å². The summed E-state index contributed by atoms with van der Waals surface area (Å²) in [6, 6.07) is 9.25. The maximum absolute atomic E-state index is 5.30. The molecule has 3 nitrogen and oxygen atoms in total. The summed E-state index contributed by atoms with van der Waals surface area (Å²) in [4.78, 5) is 2.57. The summed E-state index contributed by atoms with van der Waals surface area (Å²) in [5.41, 5.74) is 1.43. The summed E-state index contributed by atoms with van der Waals surface area (Å²) in [7, 11) is 1.74. The highest BCUT2D eigenvalue weighted by atomic mass is 16.5. The molecule has 0 bridgehead atoms. The van der Waals surface area contributed by atoms with E-state index in [1.807, 2.05) is 6.07 Å². The van der Waals surface area contributed by atoms with Gasteiger partial charge in [0.2, 0.25) is 0 Å². The number of nitrogens with zero attached hydrogens (tertiary/aromatic N) is 1. The van der Waals surface area contributed by atoms with Gasteiger partial charge in [-0.3, -0.25) is 0 Å². The molecule has 1 aliphatic heterocycles. The lowest BCUT2D eigenvalue weighted by Crippen LogP contribution is -2.43. The van der Waals surface area contributed by atoms with Gasteiger partial charge in [0.15, 0.2) is 0 Å². The van der Waals surface area contributed by atoms with Crippen LogP contribution in [0.3, 0.4) is 0 Å². The third-order valence-corrected chi connectivity index (χ3v) is 4.76. The van der Waals surface area contributed by atoms with Crippen molar-refractivity contribution in [1.29, 1.82) is 0 Å². The SMILES string of the molecule is COc1cccc(C2CC(NCCN3CCCC3)C2)c1. The van der Waals surface area contributed by atoms with Gasteiger partial charge in [-0.15, -0.1) is 0 Å². The van der Waals surface area contributed by atoms with Crippen LogP contribution in [0.4, 0.5) is 0 Å². The zero-order chi connectivity index (χ0) is 13.8. The number of hydrogen-bond acceptors (Lipinski definition) is 3. The summed E-state index contributed by atoms with van der Waals surface area (Å²) < 4.78 is 5.30. The van der Waals surface area contributed by atoms with Crippen molar-refractivity contribution in [2.75, 3.05) is 33.3 Å². The molecule has 1 N–H and O–H groups in total. The molecule has 20 heavy (non-hydrogen) atoms. The van der Waals surface area contributed by atoms with Gasteiger partial charge >= 0.3 is 0 Å². The number of ether oxygens (including phenoxy) is 1. The van der Waals surface area contributed by atoms with Gasteiger partial charge in [-0.05, 0) is 62.4 Å². The van der Waals surface area contributed by atoms with Crippen LogP contribution in [0.1, 0.15) is 37.2 Å². The Morgan fingerprint density at radius 2 is 2.05 bits per heavy atom. The van der Waals surface area contributed by atoms with Gasteiger partial charge in [-0.2, -0.15) is 0 Å². The van der Waals surface area contributed by atoms with Gasteiger partial charge in [-0.25, -0.2) is 0 Å². The quantitative estimate of drug-likeness (QED) is 0.863. The maximum Gasteiger partial charge on any atom is 0.119 e. The molecule has 3 heteroatoms. The van der Waals surface area contributed by atoms with E-state index in [1.54, 1.807) is 7.11 Å². The number of benzene rings is 1. The normalized spacial score (nSPS) is 26.4. The van der Waals surface area contributed by atoms with E-state index in [9.17, 15) is 0 Å². The molecule has 0 amide bonds. The maximum atomic E-state index is 5.30. The molecule has 0 unspecified atom stereocenters. The Labute approximate surface area is 122 Å². The second kappa shape index (κ2) is 6.59. The number of hydrogen-bond donors (Lipinski definition) is 1. The summed E-state index contributed by atoms with van der Waals surface area (Å²) >= 11 is 0. The molecule has 2 fully saturated rings. The zero-order valence-corrected chi connectivity index (χ0v) is 12.5. The van der Waals surface area contributed by atoms with E-state index < -0.39 is 0 Å². The third kappa shape index (κ3) is 3.33. The Bertz CT molecular complexity index is 423. The Balaban J connectivity index is 1.37. The van der Waals surface area contributed by atoms with Crippen LogP contribution in [0.2, 0.25) is 0 Å². The van der Waals surface area contributed by atoms with Crippen LogP contribution in [0.15, 0.2) is 24.3 Å². The summed E-state index contributed by atoms with van der Waals surface area (Å²) in [5, 5.41) is 3.70. The Kier molecular flexibility index (Phi) is 4.58. The fourth-order valence-electron chi connectivity index (χ4n) is 3.39. The van der Waals surface area contributed by atoms with E-state index in [0.29, 0.717) is 6.04 Å². The van der Waals surface area contributed by atoms with Crippen LogP contribution in [0, 0.1) is 0 Å². The summed E-state index contributed by atoms with van der Waals surface area (Å²) in [6.45, 7) is 4.98. The number of rotatable bonds is 6. The first-order valence-corrected chi connectivity index (χ1v) is 7.95. The van der Waals surface area contributed by atoms with Crippen molar-refractivity contribution in [3.8, 4) is 5.75 Å². The first-order valence-electron chi connectivity index (χ1n) is 7.95. The van der Waals surface area contributed by atoms with Crippen molar-refractivity contribution in [3.05, 3.63) is 29.8 Å². The van der Waals surface area contributed by atoms with Crippen molar-refractivity contribution in [3.63, 3.8) is 0 Å². The van der Waals surface area contributed by atoms with Crippen molar-refractivity contribution < 1.29 is 4.74 Å². The van der Waals surface area contributed by atoms with Crippen LogP contribution >= 0.6 is 0 Å². The topological polar surface area (TPSA) is 24.5 Å². The minimum absolute atomic E-state index is 0.716. The molecular weight excluding hydrogens is 248 g/mol. The molecule has 2 aliphatic rings. The highest BCUT2D eigenvalue weighted by Gasteiger charge is 2.30. The zero-order valence-electron chi connectivity index (χ0n) is 12.5. The molecule has 1 saturated carbocycles. The van der Waals surface area contributed by atoms with Crippen LogP contribution in [0.5, 0.6) is 5.75 Å². The second-order valence-electron chi connectivity index (χ2n) is 6.14. The average Bonchev–Trinajstić information content (AvgIpc) is 2.94. The molecule has 0 atom stereocenters. The van der Waals surface area contributed by atoms with Crippen LogP contribution in [-0.4, -0.2) is 44.2 Å². The Hall–Kier alpha value is -1.06. The minimum atomic E-state index is 0.716. The second-order valence-corrected chi connectivity index (χ2v) is 6.14. The van der Waals surface area contributed by atoms with Gasteiger partial charge in [0.05, 0.1) is 7.11 Å². The smallest absolute Gasteiger partial charge is 0.119 e. The molecule has 1 aromatic rings. The monoisotopic (exact) mass is 274 g/mol. The lowest BCUT2D eigenvalue weighted by molar-refractivity contribution is 0.266. The average molecular weight is 274 g/mol.